The van der Waals surface area contributed by atoms with Gasteiger partial charge in [0.1, 0.15) is 5.75 Å². The Morgan fingerprint density at radius 2 is 1.46 bits per heavy atom. The maximum absolute atomic E-state index is 6.61. The molecule has 0 bridgehead atoms. The van der Waals surface area contributed by atoms with Gasteiger partial charge in [-0.05, 0) is 34.5 Å². The van der Waals surface area contributed by atoms with Crippen LogP contribution in [0.1, 0.15) is 66.5 Å². The number of benzene rings is 1. The highest BCUT2D eigenvalue weighted by molar-refractivity contribution is 6.64. The van der Waals surface area contributed by atoms with Gasteiger partial charge in [0.05, 0.1) is 15.9 Å². The number of hydrogen-bond donors (Lipinski definition) is 0. The van der Waals surface area contributed by atoms with E-state index in [1.165, 1.54) is 16.7 Å². The average Bonchev–Trinajstić information content (AvgIpc) is 2.99. The summed E-state index contributed by atoms with van der Waals surface area (Å²) in [5.74, 6) is 1.47. The lowest BCUT2D eigenvalue weighted by atomic mass is 9.73. The topological polar surface area (TPSA) is 9.23 Å². The molecule has 1 aliphatic rings. The molecule has 0 aromatic heterocycles. The van der Waals surface area contributed by atoms with Crippen LogP contribution in [0, 0.1) is 11.3 Å². The number of methoxy groups -OCH3 is 1. The Labute approximate surface area is 179 Å². The fourth-order valence-corrected chi connectivity index (χ4v) is 6.68. The highest BCUT2D eigenvalue weighted by Gasteiger charge is 2.40. The Morgan fingerprint density at radius 1 is 0.929 bits per heavy atom. The first-order valence-electron chi connectivity index (χ1n) is 10.2. The second-order valence-corrected chi connectivity index (χ2v) is 13.9. The van der Waals surface area contributed by atoms with E-state index < -0.39 is 8.80 Å². The van der Waals surface area contributed by atoms with Gasteiger partial charge in [-0.3, -0.25) is 0 Å². The Morgan fingerprint density at radius 3 is 1.89 bits per heavy atom. The van der Waals surface area contributed by atoms with Crippen molar-refractivity contribution >= 4 is 20.4 Å². The minimum atomic E-state index is -0.604. The first-order chi connectivity index (χ1) is 12.6. The van der Waals surface area contributed by atoms with Crippen molar-refractivity contribution < 1.29 is 4.74 Å². The van der Waals surface area contributed by atoms with Gasteiger partial charge >= 0.3 is 0 Å². The Kier molecular flexibility index (Phi) is 6.39. The maximum Gasteiger partial charge on any atom is 0.126 e. The Bertz CT molecular complexity index is 801. The van der Waals surface area contributed by atoms with E-state index in [0.29, 0.717) is 5.92 Å². The second kappa shape index (κ2) is 7.68. The van der Waals surface area contributed by atoms with E-state index in [2.05, 4.69) is 92.8 Å². The van der Waals surface area contributed by atoms with E-state index >= 15 is 0 Å². The number of hydrogen-bond acceptors (Lipinski definition) is 1. The molecule has 1 nitrogen and oxygen atoms in total. The standard InChI is InChI=1S/C25H38ClOSi/c1-23(2,3)17-12-13-18(22(17)28(10)11)25(7,8)20-15-16(26)14-19(21(20)27-9)24(4,5)6/h12-15,17H,1-11H3. The lowest BCUT2D eigenvalue weighted by Gasteiger charge is -2.36. The predicted octanol–water partition coefficient (Wildman–Crippen LogP) is 7.75. The van der Waals surface area contributed by atoms with Gasteiger partial charge in [0.15, 0.2) is 0 Å². The zero-order chi connectivity index (χ0) is 21.7. The zero-order valence-corrected chi connectivity index (χ0v) is 21.4. The molecule has 0 aliphatic heterocycles. The molecule has 2 rings (SSSR count). The summed E-state index contributed by atoms with van der Waals surface area (Å²) in [7, 11) is 1.18. The van der Waals surface area contributed by atoms with E-state index in [1.54, 1.807) is 12.3 Å². The summed E-state index contributed by atoms with van der Waals surface area (Å²) in [6, 6.07) is 4.17. The van der Waals surface area contributed by atoms with Crippen LogP contribution in [0.4, 0.5) is 0 Å². The molecule has 0 N–H and O–H groups in total. The number of allylic oxidation sites excluding steroid dienone is 4. The van der Waals surface area contributed by atoms with Gasteiger partial charge in [0.25, 0.3) is 0 Å². The molecule has 1 radical (unpaired) electrons. The van der Waals surface area contributed by atoms with Crippen LogP contribution in [0.2, 0.25) is 18.1 Å². The van der Waals surface area contributed by atoms with Gasteiger partial charge in [-0.25, -0.2) is 0 Å². The fraction of sp³-hybridized carbons (Fsp3) is 0.600. The lowest BCUT2D eigenvalue weighted by Crippen LogP contribution is -2.30. The van der Waals surface area contributed by atoms with Gasteiger partial charge < -0.3 is 4.74 Å². The molecular formula is C25H38ClOSi. The molecule has 3 heteroatoms. The largest absolute Gasteiger partial charge is 0.496 e. The third-order valence-electron chi connectivity index (χ3n) is 5.94. The molecule has 0 amide bonds. The summed E-state index contributed by atoms with van der Waals surface area (Å²) < 4.78 is 6.00. The molecule has 1 aromatic rings. The van der Waals surface area contributed by atoms with Crippen LogP contribution in [-0.2, 0) is 10.8 Å². The zero-order valence-electron chi connectivity index (χ0n) is 19.7. The highest BCUT2D eigenvalue weighted by Crippen LogP contribution is 2.50. The van der Waals surface area contributed by atoms with Crippen molar-refractivity contribution in [2.75, 3.05) is 7.11 Å². The van der Waals surface area contributed by atoms with Gasteiger partial charge in [-0.15, -0.1) is 0 Å². The van der Waals surface area contributed by atoms with E-state index in [4.69, 9.17) is 16.3 Å². The molecular weight excluding hydrogens is 380 g/mol. The molecule has 0 saturated carbocycles. The molecule has 0 saturated heterocycles. The van der Waals surface area contributed by atoms with Crippen molar-refractivity contribution in [1.82, 2.24) is 0 Å². The van der Waals surface area contributed by atoms with Crippen molar-refractivity contribution in [3.63, 3.8) is 0 Å². The summed E-state index contributed by atoms with van der Waals surface area (Å²) in [6.07, 6.45) is 4.80. The van der Waals surface area contributed by atoms with E-state index in [1.807, 2.05) is 0 Å². The third-order valence-corrected chi connectivity index (χ3v) is 7.82. The third kappa shape index (κ3) is 4.28. The van der Waals surface area contributed by atoms with E-state index in [9.17, 15) is 0 Å². The second-order valence-electron chi connectivity index (χ2n) is 10.9. The van der Waals surface area contributed by atoms with Crippen LogP contribution in [-0.4, -0.2) is 15.9 Å². The van der Waals surface area contributed by atoms with E-state index in [-0.39, 0.29) is 16.2 Å². The molecule has 1 aliphatic carbocycles. The van der Waals surface area contributed by atoms with Crippen LogP contribution in [0.3, 0.4) is 0 Å². The summed E-state index contributed by atoms with van der Waals surface area (Å²) in [4.78, 5) is 0. The van der Waals surface area contributed by atoms with Crippen LogP contribution in [0.15, 0.2) is 35.1 Å². The normalized spacial score (nSPS) is 18.4. The fourth-order valence-electron chi connectivity index (χ4n) is 4.37. The van der Waals surface area contributed by atoms with Crippen LogP contribution in [0.5, 0.6) is 5.75 Å². The molecule has 0 heterocycles. The van der Waals surface area contributed by atoms with Crippen molar-refractivity contribution in [2.45, 2.75) is 79.3 Å². The van der Waals surface area contributed by atoms with Crippen LogP contribution in [0.25, 0.3) is 0 Å². The molecule has 155 valence electrons. The maximum atomic E-state index is 6.61. The summed E-state index contributed by atoms with van der Waals surface area (Å²) in [5.41, 5.74) is 3.81. The summed E-state index contributed by atoms with van der Waals surface area (Å²) >= 11 is 6.61. The quantitative estimate of drug-likeness (QED) is 0.455. The number of halogens is 1. The molecule has 1 atom stereocenters. The Balaban J connectivity index is 2.79. The van der Waals surface area contributed by atoms with Crippen molar-refractivity contribution in [3.05, 3.63) is 51.2 Å². The lowest BCUT2D eigenvalue weighted by molar-refractivity contribution is 0.339. The molecule has 1 aromatic carbocycles. The number of ether oxygens (including phenoxy) is 1. The molecule has 0 fully saturated rings. The van der Waals surface area contributed by atoms with Crippen molar-refractivity contribution in [2.24, 2.45) is 11.3 Å². The number of rotatable bonds is 4. The molecule has 28 heavy (non-hydrogen) atoms. The summed E-state index contributed by atoms with van der Waals surface area (Å²) in [6.45, 7) is 23.2. The first kappa shape index (κ1) is 23.3. The van der Waals surface area contributed by atoms with Crippen molar-refractivity contribution in [1.29, 1.82) is 0 Å². The molecule has 1 unspecified atom stereocenters. The first-order valence-corrected chi connectivity index (χ1v) is 13.1. The minimum Gasteiger partial charge on any atom is -0.496 e. The highest BCUT2D eigenvalue weighted by atomic mass is 35.5. The van der Waals surface area contributed by atoms with Crippen LogP contribution >= 0.6 is 11.6 Å². The van der Waals surface area contributed by atoms with Gasteiger partial charge in [-0.2, -0.15) is 0 Å². The molecule has 0 spiro atoms. The minimum absolute atomic E-state index is 0.0395. The predicted molar refractivity (Wildman–Crippen MR) is 126 cm³/mol. The van der Waals surface area contributed by atoms with Gasteiger partial charge in [0.2, 0.25) is 0 Å². The monoisotopic (exact) mass is 417 g/mol. The SMILES string of the molecule is COc1c(C(C)(C)C)cc(Cl)cc1C(C)(C)C1=C([Si](C)C)C(C(C)(C)C)C=C1. The average molecular weight is 418 g/mol. The van der Waals surface area contributed by atoms with Gasteiger partial charge in [0, 0.05) is 21.6 Å². The van der Waals surface area contributed by atoms with Crippen LogP contribution < -0.4 is 4.74 Å². The Hall–Kier alpha value is -0.993. The van der Waals surface area contributed by atoms with Gasteiger partial charge in [-0.1, -0.05) is 97.4 Å². The smallest absolute Gasteiger partial charge is 0.126 e. The van der Waals surface area contributed by atoms with Crippen molar-refractivity contribution in [3.8, 4) is 5.75 Å². The summed E-state index contributed by atoms with van der Waals surface area (Å²) in [5, 5.41) is 2.42. The van der Waals surface area contributed by atoms with E-state index in [0.717, 1.165) is 10.8 Å².